The van der Waals surface area contributed by atoms with E-state index in [1.807, 2.05) is 13.8 Å². The molecule has 1 N–H and O–H groups in total. The first-order valence-corrected chi connectivity index (χ1v) is 5.75. The van der Waals surface area contributed by atoms with E-state index in [1.54, 1.807) is 7.05 Å². The number of amides is 1. The van der Waals surface area contributed by atoms with Crippen LogP contribution in [-0.2, 0) is 0 Å². The third-order valence-electron chi connectivity index (χ3n) is 2.37. The fraction of sp³-hybridized carbons (Fsp3) is 0.500. The summed E-state index contributed by atoms with van der Waals surface area (Å²) in [7, 11) is 1.67. The second-order valence-electron chi connectivity index (χ2n) is 3.78. The second-order valence-corrected chi connectivity index (χ2v) is 3.78. The van der Waals surface area contributed by atoms with E-state index in [2.05, 4.69) is 10.3 Å². The largest absolute Gasteiger partial charge is 0.368 e. The predicted molar refractivity (Wildman–Crippen MR) is 65.6 cm³/mol. The molecule has 1 aromatic rings. The van der Waals surface area contributed by atoms with E-state index in [-0.39, 0.29) is 17.3 Å². The van der Waals surface area contributed by atoms with Crippen LogP contribution in [-0.4, -0.2) is 35.9 Å². The molecule has 0 saturated heterocycles. The van der Waals surface area contributed by atoms with Crippen molar-refractivity contribution in [2.24, 2.45) is 0 Å². The lowest BCUT2D eigenvalue weighted by Gasteiger charge is -2.17. The predicted octanol–water partition coefficient (Wildman–Crippen LogP) is 2.13. The maximum atomic E-state index is 13.9. The summed E-state index contributed by atoms with van der Waals surface area (Å²) in [5.41, 5.74) is 0.0619. The van der Waals surface area contributed by atoms with E-state index >= 15 is 0 Å². The highest BCUT2D eigenvalue weighted by atomic mass is 19.1. The van der Waals surface area contributed by atoms with Gasteiger partial charge in [-0.25, -0.2) is 9.37 Å². The van der Waals surface area contributed by atoms with Gasteiger partial charge in [-0.1, -0.05) is 6.92 Å². The summed E-state index contributed by atoms with van der Waals surface area (Å²) in [5, 5.41) is 2.79. The fourth-order valence-corrected chi connectivity index (χ4v) is 1.54. The molecule has 0 radical (unpaired) electrons. The van der Waals surface area contributed by atoms with Gasteiger partial charge in [0.2, 0.25) is 0 Å². The molecule has 0 spiro atoms. The third kappa shape index (κ3) is 3.15. The Morgan fingerprint density at radius 3 is 2.82 bits per heavy atom. The monoisotopic (exact) mass is 239 g/mol. The highest BCUT2D eigenvalue weighted by molar-refractivity contribution is 5.95. The van der Waals surface area contributed by atoms with Crippen molar-refractivity contribution in [3.05, 3.63) is 23.6 Å². The number of halogens is 1. The molecule has 0 fully saturated rings. The lowest BCUT2D eigenvalue weighted by molar-refractivity contribution is 0.0790. The Kier molecular flexibility index (Phi) is 4.87. The van der Waals surface area contributed by atoms with Gasteiger partial charge in [0.05, 0.1) is 5.56 Å². The van der Waals surface area contributed by atoms with E-state index < -0.39 is 5.82 Å². The van der Waals surface area contributed by atoms with Crippen LogP contribution < -0.4 is 5.32 Å². The molecule has 1 rings (SSSR count). The minimum atomic E-state index is -0.581. The highest BCUT2D eigenvalue weighted by Gasteiger charge is 2.18. The summed E-state index contributed by atoms with van der Waals surface area (Å²) in [6, 6.07) is 1.41. The highest BCUT2D eigenvalue weighted by Crippen LogP contribution is 2.16. The summed E-state index contributed by atoms with van der Waals surface area (Å²) in [6.07, 6.45) is 2.28. The van der Waals surface area contributed by atoms with E-state index in [0.29, 0.717) is 13.1 Å². The summed E-state index contributed by atoms with van der Waals surface area (Å²) in [4.78, 5) is 17.3. The zero-order valence-corrected chi connectivity index (χ0v) is 10.5. The molecule has 1 amide bonds. The number of anilines is 1. The van der Waals surface area contributed by atoms with Gasteiger partial charge < -0.3 is 10.2 Å². The zero-order valence-electron chi connectivity index (χ0n) is 10.5. The molecule has 0 aliphatic carbocycles. The van der Waals surface area contributed by atoms with Crippen molar-refractivity contribution in [3.63, 3.8) is 0 Å². The standard InChI is InChI=1S/C12H18FN3O/c1-4-8-16(3)12(17)9-6-7-15-11(10(9)13)14-5-2/h6-7H,4-5,8H2,1-3H3,(H,14,15). The van der Waals surface area contributed by atoms with Gasteiger partial charge in [-0.05, 0) is 19.4 Å². The van der Waals surface area contributed by atoms with Gasteiger partial charge in [0.15, 0.2) is 11.6 Å². The Hall–Kier alpha value is -1.65. The van der Waals surface area contributed by atoms with Crippen LogP contribution in [0.3, 0.4) is 0 Å². The summed E-state index contributed by atoms with van der Waals surface area (Å²) >= 11 is 0. The van der Waals surface area contributed by atoms with Crippen LogP contribution in [0.25, 0.3) is 0 Å². The van der Waals surface area contributed by atoms with Crippen LogP contribution in [0.4, 0.5) is 10.2 Å². The number of nitrogens with zero attached hydrogens (tertiary/aromatic N) is 2. The normalized spacial score (nSPS) is 10.1. The number of hydrogen-bond acceptors (Lipinski definition) is 3. The van der Waals surface area contributed by atoms with E-state index in [0.717, 1.165) is 6.42 Å². The smallest absolute Gasteiger partial charge is 0.256 e. The minimum absolute atomic E-state index is 0.0619. The van der Waals surface area contributed by atoms with E-state index in [9.17, 15) is 9.18 Å². The molecule has 94 valence electrons. The molecule has 0 atom stereocenters. The molecule has 0 aliphatic heterocycles. The molecule has 0 bridgehead atoms. The van der Waals surface area contributed by atoms with Crippen LogP contribution in [0.5, 0.6) is 0 Å². The van der Waals surface area contributed by atoms with Gasteiger partial charge in [0.25, 0.3) is 5.91 Å². The van der Waals surface area contributed by atoms with Gasteiger partial charge in [0.1, 0.15) is 0 Å². The summed E-state index contributed by atoms with van der Waals surface area (Å²) in [5.74, 6) is -0.767. The van der Waals surface area contributed by atoms with Crippen molar-refractivity contribution in [3.8, 4) is 0 Å². The Balaban J connectivity index is 2.97. The number of nitrogens with one attached hydrogen (secondary N) is 1. The van der Waals surface area contributed by atoms with Crippen molar-refractivity contribution >= 4 is 11.7 Å². The number of pyridine rings is 1. The van der Waals surface area contributed by atoms with Crippen LogP contribution in [0.2, 0.25) is 0 Å². The molecule has 0 aromatic carbocycles. The molecule has 17 heavy (non-hydrogen) atoms. The molecule has 1 heterocycles. The Bertz CT molecular complexity index is 395. The van der Waals surface area contributed by atoms with Crippen LogP contribution in [0.1, 0.15) is 30.6 Å². The number of carbonyl (C=O) groups is 1. The maximum absolute atomic E-state index is 13.9. The Morgan fingerprint density at radius 1 is 1.53 bits per heavy atom. The van der Waals surface area contributed by atoms with Crippen molar-refractivity contribution in [2.45, 2.75) is 20.3 Å². The minimum Gasteiger partial charge on any atom is -0.368 e. The van der Waals surface area contributed by atoms with Gasteiger partial charge in [-0.2, -0.15) is 0 Å². The van der Waals surface area contributed by atoms with E-state index in [1.165, 1.54) is 17.2 Å². The zero-order chi connectivity index (χ0) is 12.8. The molecule has 1 aromatic heterocycles. The first kappa shape index (κ1) is 13.4. The molecular weight excluding hydrogens is 221 g/mol. The SMILES string of the molecule is CCCN(C)C(=O)c1ccnc(NCC)c1F. The van der Waals surface area contributed by atoms with E-state index in [4.69, 9.17) is 0 Å². The summed E-state index contributed by atoms with van der Waals surface area (Å²) in [6.45, 7) is 4.99. The van der Waals surface area contributed by atoms with Crippen molar-refractivity contribution < 1.29 is 9.18 Å². The lowest BCUT2D eigenvalue weighted by atomic mass is 10.2. The average molecular weight is 239 g/mol. The lowest BCUT2D eigenvalue weighted by Crippen LogP contribution is -2.28. The molecular formula is C12H18FN3O. The molecule has 5 heteroatoms. The van der Waals surface area contributed by atoms with Gasteiger partial charge in [0, 0.05) is 26.3 Å². The Morgan fingerprint density at radius 2 is 2.24 bits per heavy atom. The molecule has 0 aliphatic rings. The number of carbonyl (C=O) groups excluding carboxylic acids is 1. The molecule has 0 saturated carbocycles. The quantitative estimate of drug-likeness (QED) is 0.856. The number of hydrogen-bond donors (Lipinski definition) is 1. The molecule has 0 unspecified atom stereocenters. The fourth-order valence-electron chi connectivity index (χ4n) is 1.54. The first-order valence-electron chi connectivity index (χ1n) is 5.75. The van der Waals surface area contributed by atoms with Crippen molar-refractivity contribution in [1.29, 1.82) is 0 Å². The third-order valence-corrected chi connectivity index (χ3v) is 2.37. The van der Waals surface area contributed by atoms with Crippen LogP contribution in [0.15, 0.2) is 12.3 Å². The van der Waals surface area contributed by atoms with Crippen molar-refractivity contribution in [1.82, 2.24) is 9.88 Å². The average Bonchev–Trinajstić information content (AvgIpc) is 2.31. The number of aromatic nitrogens is 1. The van der Waals surface area contributed by atoms with Gasteiger partial charge in [-0.15, -0.1) is 0 Å². The number of rotatable bonds is 5. The van der Waals surface area contributed by atoms with Gasteiger partial charge >= 0.3 is 0 Å². The van der Waals surface area contributed by atoms with Crippen LogP contribution in [0, 0.1) is 5.82 Å². The molecule has 4 nitrogen and oxygen atoms in total. The topological polar surface area (TPSA) is 45.2 Å². The Labute approximate surface area is 101 Å². The first-order chi connectivity index (χ1) is 8.11. The van der Waals surface area contributed by atoms with Gasteiger partial charge in [-0.3, -0.25) is 4.79 Å². The summed E-state index contributed by atoms with van der Waals surface area (Å²) < 4.78 is 13.9. The second kappa shape index (κ2) is 6.18. The maximum Gasteiger partial charge on any atom is 0.256 e. The van der Waals surface area contributed by atoms with Crippen LogP contribution >= 0.6 is 0 Å². The van der Waals surface area contributed by atoms with Crippen molar-refractivity contribution in [2.75, 3.05) is 25.5 Å².